The quantitative estimate of drug-likeness (QED) is 0.626. The SMILES string of the molecule is Cc1ccc2c(c1)Oc1cc(C(F)(F)F)ccc1N2. The molecule has 1 N–H and O–H groups in total. The van der Waals surface area contributed by atoms with Crippen LogP contribution in [0.25, 0.3) is 0 Å². The van der Waals surface area contributed by atoms with Crippen molar-refractivity contribution in [1.82, 2.24) is 0 Å². The minimum Gasteiger partial charge on any atom is -0.453 e. The maximum absolute atomic E-state index is 12.6. The van der Waals surface area contributed by atoms with Crippen LogP contribution >= 0.6 is 0 Å². The topological polar surface area (TPSA) is 21.3 Å². The van der Waals surface area contributed by atoms with E-state index in [4.69, 9.17) is 4.74 Å². The zero-order chi connectivity index (χ0) is 13.6. The zero-order valence-electron chi connectivity index (χ0n) is 10.0. The van der Waals surface area contributed by atoms with Gasteiger partial charge in [-0.05, 0) is 42.8 Å². The van der Waals surface area contributed by atoms with E-state index in [1.165, 1.54) is 6.07 Å². The van der Waals surface area contributed by atoms with E-state index in [0.717, 1.165) is 23.4 Å². The van der Waals surface area contributed by atoms with Crippen molar-refractivity contribution in [3.63, 3.8) is 0 Å². The van der Waals surface area contributed by atoms with Crippen molar-refractivity contribution >= 4 is 11.4 Å². The summed E-state index contributed by atoms with van der Waals surface area (Å²) in [6, 6.07) is 8.95. The van der Waals surface area contributed by atoms with Crippen LogP contribution in [0.5, 0.6) is 11.5 Å². The molecule has 3 rings (SSSR count). The van der Waals surface area contributed by atoms with Crippen LogP contribution in [-0.2, 0) is 6.18 Å². The number of fused-ring (bicyclic) bond motifs is 2. The summed E-state index contributed by atoms with van der Waals surface area (Å²) in [6.07, 6.45) is -4.37. The first kappa shape index (κ1) is 11.9. The molecular formula is C14H10F3NO. The molecule has 0 aliphatic carbocycles. The van der Waals surface area contributed by atoms with E-state index in [1.807, 2.05) is 19.1 Å². The van der Waals surface area contributed by atoms with E-state index >= 15 is 0 Å². The number of halogens is 3. The van der Waals surface area contributed by atoms with Crippen LogP contribution in [-0.4, -0.2) is 0 Å². The van der Waals surface area contributed by atoms with Crippen LogP contribution < -0.4 is 10.1 Å². The molecule has 1 aliphatic heterocycles. The van der Waals surface area contributed by atoms with Crippen LogP contribution in [0, 0.1) is 6.92 Å². The Kier molecular flexibility index (Phi) is 2.45. The van der Waals surface area contributed by atoms with Gasteiger partial charge in [0.25, 0.3) is 0 Å². The molecule has 19 heavy (non-hydrogen) atoms. The van der Waals surface area contributed by atoms with Gasteiger partial charge in [-0.15, -0.1) is 0 Å². The summed E-state index contributed by atoms with van der Waals surface area (Å²) in [6.45, 7) is 1.89. The molecule has 0 unspecified atom stereocenters. The number of hydrogen-bond acceptors (Lipinski definition) is 2. The summed E-state index contributed by atoms with van der Waals surface area (Å²) in [4.78, 5) is 0. The molecule has 0 spiro atoms. The van der Waals surface area contributed by atoms with E-state index in [9.17, 15) is 13.2 Å². The van der Waals surface area contributed by atoms with Gasteiger partial charge in [-0.3, -0.25) is 0 Å². The number of rotatable bonds is 0. The van der Waals surface area contributed by atoms with Crippen molar-refractivity contribution in [3.05, 3.63) is 47.5 Å². The van der Waals surface area contributed by atoms with Gasteiger partial charge in [0.15, 0.2) is 11.5 Å². The van der Waals surface area contributed by atoms with Gasteiger partial charge in [-0.2, -0.15) is 13.2 Å². The average Bonchev–Trinajstić information content (AvgIpc) is 2.34. The van der Waals surface area contributed by atoms with Crippen molar-refractivity contribution in [2.45, 2.75) is 13.1 Å². The van der Waals surface area contributed by atoms with Crippen LogP contribution in [0.2, 0.25) is 0 Å². The lowest BCUT2D eigenvalue weighted by atomic mass is 10.1. The summed E-state index contributed by atoms with van der Waals surface area (Å²) in [7, 11) is 0. The minimum atomic E-state index is -4.37. The van der Waals surface area contributed by atoms with Gasteiger partial charge in [-0.1, -0.05) is 6.07 Å². The highest BCUT2D eigenvalue weighted by atomic mass is 19.4. The molecule has 2 aromatic carbocycles. The predicted octanol–water partition coefficient (Wildman–Crippen LogP) is 4.86. The highest BCUT2D eigenvalue weighted by molar-refractivity contribution is 5.76. The van der Waals surface area contributed by atoms with Crippen LogP contribution in [0.1, 0.15) is 11.1 Å². The molecule has 5 heteroatoms. The molecular weight excluding hydrogens is 255 g/mol. The summed E-state index contributed by atoms with van der Waals surface area (Å²) in [5.41, 5.74) is 1.54. The standard InChI is InChI=1S/C14H10F3NO/c1-8-2-4-10-12(6-8)19-13-7-9(14(15,16)17)3-5-11(13)18-10/h2-7,18H,1H3. The second kappa shape index (κ2) is 3.91. The molecule has 0 amide bonds. The molecule has 0 fully saturated rings. The van der Waals surface area contributed by atoms with Crippen molar-refractivity contribution in [1.29, 1.82) is 0 Å². The van der Waals surface area contributed by atoms with Gasteiger partial charge < -0.3 is 10.1 Å². The molecule has 0 saturated heterocycles. The lowest BCUT2D eigenvalue weighted by Crippen LogP contribution is -2.08. The summed E-state index contributed by atoms with van der Waals surface area (Å²) >= 11 is 0. The fourth-order valence-corrected chi connectivity index (χ4v) is 1.97. The third-order valence-corrected chi connectivity index (χ3v) is 2.94. The van der Waals surface area contributed by atoms with E-state index < -0.39 is 11.7 Å². The maximum atomic E-state index is 12.6. The molecule has 2 nitrogen and oxygen atoms in total. The lowest BCUT2D eigenvalue weighted by Gasteiger charge is -2.23. The van der Waals surface area contributed by atoms with Crippen LogP contribution in [0.3, 0.4) is 0 Å². The van der Waals surface area contributed by atoms with Gasteiger partial charge >= 0.3 is 6.18 Å². The third kappa shape index (κ3) is 2.12. The molecule has 1 aliphatic rings. The summed E-state index contributed by atoms with van der Waals surface area (Å²) in [5.74, 6) is 0.722. The number of hydrogen-bond donors (Lipinski definition) is 1. The Balaban J connectivity index is 2.03. The number of alkyl halides is 3. The predicted molar refractivity (Wildman–Crippen MR) is 66.0 cm³/mol. The number of aryl methyl sites for hydroxylation is 1. The molecule has 0 aromatic heterocycles. The Morgan fingerprint density at radius 2 is 1.58 bits per heavy atom. The average molecular weight is 265 g/mol. The molecule has 98 valence electrons. The van der Waals surface area contributed by atoms with Crippen LogP contribution in [0.4, 0.5) is 24.5 Å². The lowest BCUT2D eigenvalue weighted by molar-refractivity contribution is -0.137. The second-order valence-electron chi connectivity index (χ2n) is 4.44. The monoisotopic (exact) mass is 265 g/mol. The first-order valence-electron chi connectivity index (χ1n) is 5.70. The number of anilines is 2. The molecule has 0 radical (unpaired) electrons. The largest absolute Gasteiger partial charge is 0.453 e. The van der Waals surface area contributed by atoms with E-state index in [2.05, 4.69) is 5.32 Å². The number of ether oxygens (including phenoxy) is 1. The van der Waals surface area contributed by atoms with Gasteiger partial charge in [0.1, 0.15) is 0 Å². The molecule has 1 heterocycles. The number of benzene rings is 2. The Labute approximate surface area is 107 Å². The van der Waals surface area contributed by atoms with E-state index in [0.29, 0.717) is 11.4 Å². The van der Waals surface area contributed by atoms with Crippen molar-refractivity contribution < 1.29 is 17.9 Å². The molecule has 0 atom stereocenters. The molecule has 2 aromatic rings. The normalized spacial score (nSPS) is 13.1. The maximum Gasteiger partial charge on any atom is 0.416 e. The Morgan fingerprint density at radius 1 is 0.947 bits per heavy atom. The Bertz CT molecular complexity index is 650. The smallest absolute Gasteiger partial charge is 0.416 e. The van der Waals surface area contributed by atoms with Gasteiger partial charge in [0.2, 0.25) is 0 Å². The highest BCUT2D eigenvalue weighted by Gasteiger charge is 2.32. The summed E-state index contributed by atoms with van der Waals surface area (Å²) < 4.78 is 43.5. The second-order valence-corrected chi connectivity index (χ2v) is 4.44. The van der Waals surface area contributed by atoms with Crippen molar-refractivity contribution in [3.8, 4) is 11.5 Å². The van der Waals surface area contributed by atoms with E-state index in [-0.39, 0.29) is 5.75 Å². The minimum absolute atomic E-state index is 0.188. The third-order valence-electron chi connectivity index (χ3n) is 2.94. The fraction of sp³-hybridized carbons (Fsp3) is 0.143. The zero-order valence-corrected chi connectivity index (χ0v) is 10.0. The Hall–Kier alpha value is -2.17. The number of nitrogens with one attached hydrogen (secondary N) is 1. The van der Waals surface area contributed by atoms with Crippen molar-refractivity contribution in [2.24, 2.45) is 0 Å². The van der Waals surface area contributed by atoms with Crippen molar-refractivity contribution in [2.75, 3.05) is 5.32 Å². The summed E-state index contributed by atoms with van der Waals surface area (Å²) in [5, 5.41) is 3.05. The van der Waals surface area contributed by atoms with Crippen LogP contribution in [0.15, 0.2) is 36.4 Å². The Morgan fingerprint density at radius 3 is 2.26 bits per heavy atom. The first-order valence-corrected chi connectivity index (χ1v) is 5.70. The van der Waals surface area contributed by atoms with E-state index in [1.54, 1.807) is 6.07 Å². The first-order chi connectivity index (χ1) is 8.93. The fourth-order valence-electron chi connectivity index (χ4n) is 1.97. The van der Waals surface area contributed by atoms with Gasteiger partial charge in [-0.25, -0.2) is 0 Å². The molecule has 0 bridgehead atoms. The van der Waals surface area contributed by atoms with Gasteiger partial charge in [0.05, 0.1) is 16.9 Å². The molecule has 0 saturated carbocycles. The van der Waals surface area contributed by atoms with Gasteiger partial charge in [0, 0.05) is 0 Å². The highest BCUT2D eigenvalue weighted by Crippen LogP contribution is 2.44.